The average Bonchev–Trinajstić information content (AvgIpc) is 3.44. The normalized spacial score (nSPS) is 12.7. The van der Waals surface area contributed by atoms with Gasteiger partial charge < -0.3 is 0 Å². The number of hydrogen-bond donors (Lipinski definition) is 0. The minimum Gasteiger partial charge on any atom is -0.265 e. The van der Waals surface area contributed by atoms with Crippen LogP contribution in [-0.4, -0.2) is 15.0 Å². The molecular formula is C48H35N3. The van der Waals surface area contributed by atoms with E-state index >= 15 is 0 Å². The van der Waals surface area contributed by atoms with Crippen molar-refractivity contribution in [2.24, 2.45) is 0 Å². The molecule has 3 heteroatoms. The molecule has 242 valence electrons. The van der Waals surface area contributed by atoms with Crippen molar-refractivity contribution in [3.63, 3.8) is 0 Å². The third kappa shape index (κ3) is 5.63. The maximum Gasteiger partial charge on any atom is 0.160 e. The third-order valence-electron chi connectivity index (χ3n) is 10.2. The van der Waals surface area contributed by atoms with Crippen molar-refractivity contribution in [1.82, 2.24) is 15.0 Å². The van der Waals surface area contributed by atoms with Gasteiger partial charge in [0.05, 0.1) is 11.4 Å². The molecule has 0 saturated heterocycles. The van der Waals surface area contributed by atoms with Crippen molar-refractivity contribution < 1.29 is 0 Å². The van der Waals surface area contributed by atoms with Crippen molar-refractivity contribution >= 4 is 0 Å². The van der Waals surface area contributed by atoms with Crippen LogP contribution in [0.5, 0.6) is 0 Å². The van der Waals surface area contributed by atoms with Crippen LogP contribution in [0.15, 0.2) is 176 Å². The number of aromatic nitrogens is 3. The van der Waals surface area contributed by atoms with Crippen molar-refractivity contribution in [1.29, 1.82) is 0 Å². The summed E-state index contributed by atoms with van der Waals surface area (Å²) in [7, 11) is 0. The van der Waals surface area contributed by atoms with Crippen LogP contribution in [0, 0.1) is 0 Å². The number of nitrogens with zero attached hydrogens (tertiary/aromatic N) is 3. The Morgan fingerprint density at radius 1 is 0.353 bits per heavy atom. The average molecular weight is 654 g/mol. The molecule has 1 aliphatic rings. The molecule has 0 radical (unpaired) electrons. The first-order chi connectivity index (χ1) is 25.0. The molecule has 0 unspecified atom stereocenters. The van der Waals surface area contributed by atoms with Gasteiger partial charge in [-0.2, -0.15) is 0 Å². The fourth-order valence-electron chi connectivity index (χ4n) is 7.43. The van der Waals surface area contributed by atoms with Gasteiger partial charge in [0.25, 0.3) is 0 Å². The van der Waals surface area contributed by atoms with Gasteiger partial charge in [0.1, 0.15) is 0 Å². The van der Waals surface area contributed by atoms with Crippen molar-refractivity contribution in [2.45, 2.75) is 19.3 Å². The first kappa shape index (κ1) is 30.6. The molecule has 1 aliphatic carbocycles. The predicted octanol–water partition coefficient (Wildman–Crippen LogP) is 12.2. The summed E-state index contributed by atoms with van der Waals surface area (Å²) in [5, 5.41) is 0. The van der Waals surface area contributed by atoms with Gasteiger partial charge in [-0.15, -0.1) is 0 Å². The first-order valence-electron chi connectivity index (χ1n) is 17.4. The molecule has 0 aliphatic heterocycles. The zero-order valence-corrected chi connectivity index (χ0v) is 28.6. The van der Waals surface area contributed by atoms with E-state index in [1.54, 1.807) is 0 Å². The van der Waals surface area contributed by atoms with E-state index in [1.165, 1.54) is 44.5 Å². The number of fused-ring (bicyclic) bond motifs is 3. The largest absolute Gasteiger partial charge is 0.265 e. The van der Waals surface area contributed by atoms with Crippen LogP contribution in [-0.2, 0) is 5.41 Å². The van der Waals surface area contributed by atoms with Crippen LogP contribution in [0.25, 0.3) is 78.4 Å². The second kappa shape index (κ2) is 12.5. The highest BCUT2D eigenvalue weighted by atomic mass is 14.9. The highest BCUT2D eigenvalue weighted by Gasteiger charge is 2.35. The molecule has 0 atom stereocenters. The van der Waals surface area contributed by atoms with E-state index in [0.29, 0.717) is 5.82 Å². The molecule has 0 spiro atoms. The van der Waals surface area contributed by atoms with Gasteiger partial charge in [0.15, 0.2) is 5.82 Å². The Hall–Kier alpha value is -6.45. The summed E-state index contributed by atoms with van der Waals surface area (Å²) >= 11 is 0. The summed E-state index contributed by atoms with van der Waals surface area (Å²) in [5.74, 6) is 0.707. The quantitative estimate of drug-likeness (QED) is 0.179. The molecule has 51 heavy (non-hydrogen) atoms. The van der Waals surface area contributed by atoms with Gasteiger partial charge in [-0.25, -0.2) is 9.97 Å². The molecule has 8 aromatic rings. The Bertz CT molecular complexity index is 2520. The van der Waals surface area contributed by atoms with Crippen molar-refractivity contribution in [3.8, 4) is 78.4 Å². The van der Waals surface area contributed by atoms with E-state index in [9.17, 15) is 0 Å². The van der Waals surface area contributed by atoms with Crippen LogP contribution in [0.2, 0.25) is 0 Å². The second-order valence-electron chi connectivity index (χ2n) is 13.7. The number of benzene rings is 6. The maximum atomic E-state index is 5.06. The monoisotopic (exact) mass is 653 g/mol. The predicted molar refractivity (Wildman–Crippen MR) is 210 cm³/mol. The molecular weight excluding hydrogens is 619 g/mol. The minimum atomic E-state index is -0.0276. The summed E-state index contributed by atoms with van der Waals surface area (Å²) in [4.78, 5) is 14.2. The summed E-state index contributed by atoms with van der Waals surface area (Å²) in [6, 6.07) is 58.3. The molecule has 0 bridgehead atoms. The highest BCUT2D eigenvalue weighted by molar-refractivity contribution is 5.84. The molecule has 0 fully saturated rings. The summed E-state index contributed by atoms with van der Waals surface area (Å²) in [5.41, 5.74) is 17.4. The van der Waals surface area contributed by atoms with Crippen LogP contribution >= 0.6 is 0 Å². The number of hydrogen-bond acceptors (Lipinski definition) is 3. The second-order valence-corrected chi connectivity index (χ2v) is 13.7. The standard InChI is InChI=1S/C48H35N3/c1-48(2)43-14-7-6-13-41(43)42-24-23-40(30-44(42)48)39-12-8-11-38(29-39)33-17-21-36(22-18-33)46-31-45(50-47(51-46)37-9-4-3-5-10-37)35-19-15-32(16-20-35)34-25-27-49-28-26-34/h3-31H,1-2H3. The Kier molecular flexibility index (Phi) is 7.48. The number of rotatable bonds is 6. The summed E-state index contributed by atoms with van der Waals surface area (Å²) < 4.78 is 0. The first-order valence-corrected chi connectivity index (χ1v) is 17.4. The van der Waals surface area contributed by atoms with Crippen molar-refractivity contribution in [3.05, 3.63) is 187 Å². The van der Waals surface area contributed by atoms with Gasteiger partial charge in [-0.05, 0) is 86.0 Å². The molecule has 9 rings (SSSR count). The lowest BCUT2D eigenvalue weighted by molar-refractivity contribution is 0.660. The Labute approximate surface area is 299 Å². The van der Waals surface area contributed by atoms with Gasteiger partial charge in [-0.3, -0.25) is 4.98 Å². The summed E-state index contributed by atoms with van der Waals surface area (Å²) in [6.07, 6.45) is 3.64. The third-order valence-corrected chi connectivity index (χ3v) is 10.2. The van der Waals surface area contributed by atoms with Crippen LogP contribution in [0.4, 0.5) is 0 Å². The van der Waals surface area contributed by atoms with Crippen molar-refractivity contribution in [2.75, 3.05) is 0 Å². The number of pyridine rings is 1. The van der Waals surface area contributed by atoms with E-state index in [4.69, 9.17) is 9.97 Å². The Morgan fingerprint density at radius 3 is 1.53 bits per heavy atom. The molecule has 2 heterocycles. The smallest absolute Gasteiger partial charge is 0.160 e. The fourth-order valence-corrected chi connectivity index (χ4v) is 7.43. The van der Waals surface area contributed by atoms with Gasteiger partial charge in [0.2, 0.25) is 0 Å². The highest BCUT2D eigenvalue weighted by Crippen LogP contribution is 2.49. The van der Waals surface area contributed by atoms with E-state index < -0.39 is 0 Å². The van der Waals surface area contributed by atoms with E-state index in [1.807, 2.05) is 42.7 Å². The molecule has 3 nitrogen and oxygen atoms in total. The maximum absolute atomic E-state index is 5.06. The Morgan fingerprint density at radius 2 is 0.843 bits per heavy atom. The zero-order chi connectivity index (χ0) is 34.4. The molecule has 0 amide bonds. The summed E-state index contributed by atoms with van der Waals surface area (Å²) in [6.45, 7) is 4.67. The van der Waals surface area contributed by atoms with E-state index in [2.05, 4.69) is 152 Å². The zero-order valence-electron chi connectivity index (χ0n) is 28.6. The van der Waals surface area contributed by atoms with Crippen LogP contribution in [0.1, 0.15) is 25.0 Å². The molecule has 2 aromatic heterocycles. The molecule has 0 N–H and O–H groups in total. The van der Waals surface area contributed by atoms with E-state index in [-0.39, 0.29) is 5.41 Å². The van der Waals surface area contributed by atoms with Gasteiger partial charge >= 0.3 is 0 Å². The van der Waals surface area contributed by atoms with Gasteiger partial charge in [-0.1, -0.05) is 147 Å². The fraction of sp³-hybridized carbons (Fsp3) is 0.0625. The molecule has 6 aromatic carbocycles. The van der Waals surface area contributed by atoms with Gasteiger partial charge in [0, 0.05) is 34.5 Å². The molecule has 0 saturated carbocycles. The SMILES string of the molecule is CC1(C)c2ccccc2-c2ccc(-c3cccc(-c4ccc(-c5cc(-c6ccc(-c7ccncc7)cc6)nc(-c6ccccc6)n5)cc4)c3)cc21. The lowest BCUT2D eigenvalue weighted by Gasteiger charge is -2.22. The van der Waals surface area contributed by atoms with E-state index in [0.717, 1.165) is 39.2 Å². The topological polar surface area (TPSA) is 38.7 Å². The van der Waals surface area contributed by atoms with Crippen LogP contribution in [0.3, 0.4) is 0 Å². The van der Waals surface area contributed by atoms with Crippen LogP contribution < -0.4 is 0 Å². The lowest BCUT2D eigenvalue weighted by Crippen LogP contribution is -2.14. The lowest BCUT2D eigenvalue weighted by atomic mass is 9.81. The minimum absolute atomic E-state index is 0.0276. The Balaban J connectivity index is 1.04.